The van der Waals surface area contributed by atoms with Crippen molar-refractivity contribution in [3.05, 3.63) is 28.3 Å². The third kappa shape index (κ3) is 2.95. The zero-order chi connectivity index (χ0) is 13.6. The number of hydrogen-bond acceptors (Lipinski definition) is 0. The normalized spacial score (nSPS) is 13.0. The second-order valence-electron chi connectivity index (χ2n) is 7.11. The van der Waals surface area contributed by atoms with Crippen LogP contribution in [0.4, 0.5) is 0 Å². The van der Waals surface area contributed by atoms with Gasteiger partial charge in [0.05, 0.1) is 0 Å². The van der Waals surface area contributed by atoms with Crippen LogP contribution in [-0.4, -0.2) is 16.0 Å². The average molecular weight is 297 g/mol. The Morgan fingerprint density at radius 1 is 0.765 bits per heavy atom. The summed E-state index contributed by atoms with van der Waals surface area (Å²) >= 11 is 2.81. The van der Waals surface area contributed by atoms with Crippen LogP contribution in [-0.2, 0) is 10.8 Å². The molecule has 0 bridgehead atoms. The van der Waals surface area contributed by atoms with Crippen LogP contribution in [0, 0.1) is 13.8 Å². The molecule has 1 aromatic rings. The van der Waals surface area contributed by atoms with Crippen molar-refractivity contribution in [2.45, 2.75) is 66.2 Å². The quantitative estimate of drug-likeness (QED) is 0.644. The van der Waals surface area contributed by atoms with Crippen LogP contribution in [0.3, 0.4) is 0 Å². The SMILES string of the molecule is Cc1cc(C)c(C(C)(C)C)c([SeH])c1C(C)(C)C. The number of benzene rings is 1. The Labute approximate surface area is 115 Å². The molecule has 1 heteroatoms. The van der Waals surface area contributed by atoms with E-state index < -0.39 is 0 Å². The molecule has 0 aliphatic carbocycles. The van der Waals surface area contributed by atoms with Crippen molar-refractivity contribution in [2.24, 2.45) is 0 Å². The summed E-state index contributed by atoms with van der Waals surface area (Å²) in [4.78, 5) is 0. The Kier molecular flexibility index (Phi) is 3.87. The van der Waals surface area contributed by atoms with E-state index in [2.05, 4.69) is 77.5 Å². The molecule has 0 saturated heterocycles. The number of rotatable bonds is 0. The third-order valence-electron chi connectivity index (χ3n) is 3.20. The zero-order valence-corrected chi connectivity index (χ0v) is 14.4. The van der Waals surface area contributed by atoms with Gasteiger partial charge in [0, 0.05) is 0 Å². The number of hydrogen-bond donors (Lipinski definition) is 0. The minimum atomic E-state index is 0.208. The molecule has 0 radical (unpaired) electrons. The Balaban J connectivity index is 3.67. The molecule has 0 spiro atoms. The molecule has 0 aliphatic rings. The standard InChI is InChI=1S/C16H26Se/c1-10-9-11(2)13(16(6,7)8)14(17)12(10)15(3,4)5/h9,17H,1-8H3. The molecule has 0 aromatic heterocycles. The Bertz CT molecular complexity index is 390. The van der Waals surface area contributed by atoms with Gasteiger partial charge in [-0.1, -0.05) is 0 Å². The summed E-state index contributed by atoms with van der Waals surface area (Å²) in [6.45, 7) is 18.3. The van der Waals surface area contributed by atoms with Crippen molar-refractivity contribution in [1.82, 2.24) is 0 Å². The summed E-state index contributed by atoms with van der Waals surface area (Å²) in [5.74, 6) is 0. The summed E-state index contributed by atoms with van der Waals surface area (Å²) in [5.41, 5.74) is 6.23. The third-order valence-corrected chi connectivity index (χ3v) is 4.13. The summed E-state index contributed by atoms with van der Waals surface area (Å²) in [7, 11) is 0. The van der Waals surface area contributed by atoms with Crippen molar-refractivity contribution in [1.29, 1.82) is 0 Å². The van der Waals surface area contributed by atoms with E-state index in [4.69, 9.17) is 0 Å². The molecule has 0 aliphatic heterocycles. The molecule has 1 aromatic carbocycles. The van der Waals surface area contributed by atoms with Gasteiger partial charge in [-0.3, -0.25) is 0 Å². The molecule has 0 amide bonds. The van der Waals surface area contributed by atoms with Gasteiger partial charge in [0.1, 0.15) is 0 Å². The van der Waals surface area contributed by atoms with E-state index in [9.17, 15) is 0 Å². The fourth-order valence-electron chi connectivity index (χ4n) is 2.86. The molecule has 0 fully saturated rings. The van der Waals surface area contributed by atoms with Crippen molar-refractivity contribution in [3.63, 3.8) is 0 Å². The van der Waals surface area contributed by atoms with Gasteiger partial charge in [0.15, 0.2) is 0 Å². The first-order valence-corrected chi connectivity index (χ1v) is 7.24. The van der Waals surface area contributed by atoms with E-state index in [-0.39, 0.29) is 10.8 Å². The monoisotopic (exact) mass is 298 g/mol. The Morgan fingerprint density at radius 2 is 1.06 bits per heavy atom. The molecule has 1 rings (SSSR count). The van der Waals surface area contributed by atoms with E-state index in [0.29, 0.717) is 0 Å². The summed E-state index contributed by atoms with van der Waals surface area (Å²) in [6.07, 6.45) is 0. The summed E-state index contributed by atoms with van der Waals surface area (Å²) in [6, 6.07) is 2.35. The average Bonchev–Trinajstić information content (AvgIpc) is 1.94. The fraction of sp³-hybridized carbons (Fsp3) is 0.625. The molecular weight excluding hydrogens is 271 g/mol. The van der Waals surface area contributed by atoms with Crippen molar-refractivity contribution in [2.75, 3.05) is 0 Å². The molecule has 0 N–H and O–H groups in total. The topological polar surface area (TPSA) is 0 Å². The van der Waals surface area contributed by atoms with Gasteiger partial charge in [-0.05, 0) is 0 Å². The van der Waals surface area contributed by atoms with Crippen molar-refractivity contribution in [3.8, 4) is 0 Å². The van der Waals surface area contributed by atoms with Gasteiger partial charge in [-0.25, -0.2) is 0 Å². The van der Waals surface area contributed by atoms with Gasteiger partial charge in [-0.2, -0.15) is 0 Å². The van der Waals surface area contributed by atoms with Gasteiger partial charge in [-0.15, -0.1) is 0 Å². The summed E-state index contributed by atoms with van der Waals surface area (Å²) < 4.78 is 1.43. The predicted octanol–water partition coefficient (Wildman–Crippen LogP) is 3.42. The van der Waals surface area contributed by atoms with Crippen LogP contribution in [0.5, 0.6) is 0 Å². The first kappa shape index (κ1) is 14.8. The molecule has 0 unspecified atom stereocenters. The van der Waals surface area contributed by atoms with Crippen LogP contribution in [0.1, 0.15) is 63.8 Å². The van der Waals surface area contributed by atoms with Gasteiger partial charge >= 0.3 is 115 Å². The van der Waals surface area contributed by atoms with Crippen LogP contribution in [0.2, 0.25) is 0 Å². The zero-order valence-electron chi connectivity index (χ0n) is 12.5. The molecule has 96 valence electrons. The van der Waals surface area contributed by atoms with E-state index in [1.54, 1.807) is 0 Å². The van der Waals surface area contributed by atoms with Crippen LogP contribution in [0.25, 0.3) is 0 Å². The van der Waals surface area contributed by atoms with Crippen molar-refractivity contribution >= 4 is 20.5 Å². The van der Waals surface area contributed by atoms with E-state index in [1.807, 2.05) is 0 Å². The second-order valence-corrected chi connectivity index (χ2v) is 8.05. The van der Waals surface area contributed by atoms with Crippen molar-refractivity contribution < 1.29 is 0 Å². The minimum absolute atomic E-state index is 0.208. The first-order chi connectivity index (χ1) is 7.46. The Morgan fingerprint density at radius 3 is 1.29 bits per heavy atom. The Hall–Kier alpha value is -0.261. The second kappa shape index (κ2) is 4.44. The molecule has 0 heterocycles. The molecule has 17 heavy (non-hydrogen) atoms. The van der Waals surface area contributed by atoms with Gasteiger partial charge < -0.3 is 0 Å². The number of aryl methyl sites for hydroxylation is 2. The molecule has 0 nitrogen and oxygen atoms in total. The van der Waals surface area contributed by atoms with Crippen LogP contribution < -0.4 is 4.46 Å². The first-order valence-electron chi connectivity index (χ1n) is 6.30. The molecular formula is C16H26Se. The molecule has 0 saturated carbocycles. The fourth-order valence-corrected chi connectivity index (χ4v) is 5.01. The maximum atomic E-state index is 2.81. The maximum absolute atomic E-state index is 2.81. The van der Waals surface area contributed by atoms with Crippen LogP contribution in [0.15, 0.2) is 6.07 Å². The summed E-state index contributed by atoms with van der Waals surface area (Å²) in [5, 5.41) is 0. The van der Waals surface area contributed by atoms with E-state index in [0.717, 1.165) is 0 Å². The van der Waals surface area contributed by atoms with Crippen LogP contribution >= 0.6 is 0 Å². The predicted molar refractivity (Wildman–Crippen MR) is 80.1 cm³/mol. The van der Waals surface area contributed by atoms with E-state index >= 15 is 0 Å². The van der Waals surface area contributed by atoms with Gasteiger partial charge in [0.2, 0.25) is 0 Å². The molecule has 0 atom stereocenters. The van der Waals surface area contributed by atoms with E-state index in [1.165, 1.54) is 26.7 Å². The van der Waals surface area contributed by atoms with Gasteiger partial charge in [0.25, 0.3) is 0 Å².